The molecule has 1 aromatic carbocycles. The second-order valence-corrected chi connectivity index (χ2v) is 5.52. The van der Waals surface area contributed by atoms with E-state index in [-0.39, 0.29) is 5.91 Å². The zero-order valence-corrected chi connectivity index (χ0v) is 12.7. The summed E-state index contributed by atoms with van der Waals surface area (Å²) < 4.78 is 5.15. The Hall–Kier alpha value is -1.92. The molecule has 1 aromatic heterocycles. The summed E-state index contributed by atoms with van der Waals surface area (Å²) in [7, 11) is 1.54. The van der Waals surface area contributed by atoms with E-state index in [1.54, 1.807) is 12.1 Å². The highest BCUT2D eigenvalue weighted by Crippen LogP contribution is 2.26. The van der Waals surface area contributed by atoms with Crippen LogP contribution in [0.5, 0.6) is 5.75 Å². The first-order chi connectivity index (χ1) is 9.52. The van der Waals surface area contributed by atoms with Gasteiger partial charge in [0.2, 0.25) is 0 Å². The molecular weight excluding hydrogens is 292 g/mol. The number of anilines is 1. The van der Waals surface area contributed by atoms with Crippen molar-refractivity contribution in [1.82, 2.24) is 0 Å². The van der Waals surface area contributed by atoms with Gasteiger partial charge in [0.25, 0.3) is 5.91 Å². The van der Waals surface area contributed by atoms with E-state index in [4.69, 9.17) is 22.7 Å². The van der Waals surface area contributed by atoms with Crippen LogP contribution in [0.3, 0.4) is 0 Å². The molecule has 1 amide bonds. The van der Waals surface area contributed by atoms with Crippen LogP contribution in [0.15, 0.2) is 29.6 Å². The normalized spacial score (nSPS) is 10.1. The SMILES string of the molecule is COc1ccsc1C(=O)Nc1cc(C(N)=S)ccc1C. The molecular formula is C14H14N2O2S2. The maximum atomic E-state index is 12.2. The van der Waals surface area contributed by atoms with E-state index >= 15 is 0 Å². The third-order valence-corrected chi connectivity index (χ3v) is 3.96. The van der Waals surface area contributed by atoms with Gasteiger partial charge in [-0.25, -0.2) is 0 Å². The van der Waals surface area contributed by atoms with Crippen molar-refractivity contribution in [3.63, 3.8) is 0 Å². The first-order valence-corrected chi connectivity index (χ1v) is 7.15. The van der Waals surface area contributed by atoms with Gasteiger partial charge < -0.3 is 15.8 Å². The van der Waals surface area contributed by atoms with Crippen LogP contribution in [0.2, 0.25) is 0 Å². The van der Waals surface area contributed by atoms with E-state index < -0.39 is 0 Å². The zero-order chi connectivity index (χ0) is 14.7. The lowest BCUT2D eigenvalue weighted by molar-refractivity contribution is 0.102. The number of thiocarbonyl (C=S) groups is 1. The fourth-order valence-electron chi connectivity index (χ4n) is 1.71. The van der Waals surface area contributed by atoms with Crippen LogP contribution in [-0.4, -0.2) is 18.0 Å². The van der Waals surface area contributed by atoms with Crippen molar-refractivity contribution in [1.29, 1.82) is 0 Å². The van der Waals surface area contributed by atoms with E-state index in [1.165, 1.54) is 18.4 Å². The number of rotatable bonds is 4. The number of aryl methyl sites for hydroxylation is 1. The summed E-state index contributed by atoms with van der Waals surface area (Å²) in [6.07, 6.45) is 0. The quantitative estimate of drug-likeness (QED) is 0.852. The Morgan fingerprint density at radius 2 is 2.15 bits per heavy atom. The molecule has 0 unspecified atom stereocenters. The van der Waals surface area contributed by atoms with Crippen molar-refractivity contribution in [3.05, 3.63) is 45.6 Å². The molecule has 0 aliphatic carbocycles. The molecule has 6 heteroatoms. The van der Waals surface area contributed by atoms with Gasteiger partial charge in [0.15, 0.2) is 0 Å². The van der Waals surface area contributed by atoms with Crippen LogP contribution in [-0.2, 0) is 0 Å². The lowest BCUT2D eigenvalue weighted by atomic mass is 10.1. The number of hydrogen-bond donors (Lipinski definition) is 2. The zero-order valence-electron chi connectivity index (χ0n) is 11.1. The van der Waals surface area contributed by atoms with Crippen LogP contribution in [0.25, 0.3) is 0 Å². The van der Waals surface area contributed by atoms with Crippen LogP contribution < -0.4 is 15.8 Å². The van der Waals surface area contributed by atoms with E-state index in [2.05, 4.69) is 5.32 Å². The Kier molecular flexibility index (Phi) is 4.36. The van der Waals surface area contributed by atoms with Gasteiger partial charge in [-0.2, -0.15) is 0 Å². The number of benzene rings is 1. The standard InChI is InChI=1S/C14H14N2O2S2/c1-8-3-4-9(13(15)19)7-10(8)16-14(17)12-11(18-2)5-6-20-12/h3-7H,1-2H3,(H2,15,19)(H,16,17). The van der Waals surface area contributed by atoms with Gasteiger partial charge in [-0.05, 0) is 30.0 Å². The lowest BCUT2D eigenvalue weighted by Crippen LogP contribution is -2.14. The number of carbonyl (C=O) groups is 1. The molecule has 4 nitrogen and oxygen atoms in total. The molecule has 0 atom stereocenters. The molecule has 0 aliphatic rings. The highest BCUT2D eigenvalue weighted by Gasteiger charge is 2.15. The van der Waals surface area contributed by atoms with E-state index in [9.17, 15) is 4.79 Å². The van der Waals surface area contributed by atoms with E-state index in [1.807, 2.05) is 24.4 Å². The maximum Gasteiger partial charge on any atom is 0.269 e. The van der Waals surface area contributed by atoms with Gasteiger partial charge in [0.1, 0.15) is 15.6 Å². The molecule has 0 fully saturated rings. The Bertz CT molecular complexity index is 665. The molecule has 0 aliphatic heterocycles. The highest BCUT2D eigenvalue weighted by molar-refractivity contribution is 7.80. The van der Waals surface area contributed by atoms with Crippen molar-refractivity contribution in [2.45, 2.75) is 6.92 Å². The van der Waals surface area contributed by atoms with Gasteiger partial charge in [-0.3, -0.25) is 4.79 Å². The van der Waals surface area contributed by atoms with Crippen molar-refractivity contribution >= 4 is 40.1 Å². The third kappa shape index (κ3) is 2.97. The number of thiophene rings is 1. The molecule has 0 saturated heterocycles. The summed E-state index contributed by atoms with van der Waals surface area (Å²) in [5, 5.41) is 4.67. The topological polar surface area (TPSA) is 64.3 Å². The lowest BCUT2D eigenvalue weighted by Gasteiger charge is -2.10. The summed E-state index contributed by atoms with van der Waals surface area (Å²) in [6, 6.07) is 7.24. The monoisotopic (exact) mass is 306 g/mol. The second-order valence-electron chi connectivity index (χ2n) is 4.17. The minimum Gasteiger partial charge on any atom is -0.495 e. The van der Waals surface area contributed by atoms with Gasteiger partial charge in [-0.1, -0.05) is 24.4 Å². The van der Waals surface area contributed by atoms with E-state index in [0.29, 0.717) is 21.3 Å². The smallest absolute Gasteiger partial charge is 0.269 e. The predicted octanol–water partition coefficient (Wildman–Crippen LogP) is 2.95. The number of methoxy groups -OCH3 is 1. The second kappa shape index (κ2) is 6.02. The first-order valence-electron chi connectivity index (χ1n) is 5.86. The van der Waals surface area contributed by atoms with Gasteiger partial charge >= 0.3 is 0 Å². The molecule has 0 spiro atoms. The highest BCUT2D eigenvalue weighted by atomic mass is 32.1. The van der Waals surface area contributed by atoms with Crippen molar-refractivity contribution < 1.29 is 9.53 Å². The number of carbonyl (C=O) groups excluding carboxylic acids is 1. The third-order valence-electron chi connectivity index (χ3n) is 2.83. The summed E-state index contributed by atoms with van der Waals surface area (Å²) in [4.78, 5) is 13.1. The van der Waals surface area contributed by atoms with Crippen molar-refractivity contribution in [2.75, 3.05) is 12.4 Å². The largest absolute Gasteiger partial charge is 0.495 e. The molecule has 0 saturated carbocycles. The van der Waals surface area contributed by atoms with Crippen LogP contribution in [0.4, 0.5) is 5.69 Å². The Balaban J connectivity index is 2.28. The van der Waals surface area contributed by atoms with Crippen molar-refractivity contribution in [2.24, 2.45) is 5.73 Å². The summed E-state index contributed by atoms with van der Waals surface area (Å²) in [5.41, 5.74) is 7.96. The average molecular weight is 306 g/mol. The van der Waals surface area contributed by atoms with Gasteiger partial charge in [0.05, 0.1) is 7.11 Å². The average Bonchev–Trinajstić information content (AvgIpc) is 2.89. The predicted molar refractivity (Wildman–Crippen MR) is 85.9 cm³/mol. The molecule has 2 rings (SSSR count). The van der Waals surface area contributed by atoms with Crippen LogP contribution in [0, 0.1) is 6.92 Å². The Morgan fingerprint density at radius 1 is 1.40 bits per heavy atom. The number of hydrogen-bond acceptors (Lipinski definition) is 4. The fourth-order valence-corrected chi connectivity index (χ4v) is 2.59. The molecule has 2 aromatic rings. The molecule has 104 valence electrons. The minimum atomic E-state index is -0.208. The molecule has 1 heterocycles. The van der Waals surface area contributed by atoms with Crippen molar-refractivity contribution in [3.8, 4) is 5.75 Å². The molecule has 20 heavy (non-hydrogen) atoms. The van der Waals surface area contributed by atoms with E-state index in [0.717, 1.165) is 11.1 Å². The van der Waals surface area contributed by atoms with Crippen LogP contribution in [0.1, 0.15) is 20.8 Å². The molecule has 3 N–H and O–H groups in total. The van der Waals surface area contributed by atoms with Gasteiger partial charge in [-0.15, -0.1) is 11.3 Å². The summed E-state index contributed by atoms with van der Waals surface area (Å²) in [6.45, 7) is 1.91. The number of nitrogens with two attached hydrogens (primary N) is 1. The fraction of sp³-hybridized carbons (Fsp3) is 0.143. The van der Waals surface area contributed by atoms with Gasteiger partial charge in [0, 0.05) is 11.3 Å². The maximum absolute atomic E-state index is 12.2. The Morgan fingerprint density at radius 3 is 2.80 bits per heavy atom. The first kappa shape index (κ1) is 14.5. The summed E-state index contributed by atoms with van der Waals surface area (Å²) in [5.74, 6) is 0.357. The molecule has 0 bridgehead atoms. The van der Waals surface area contributed by atoms with Crippen LogP contribution >= 0.6 is 23.6 Å². The summed E-state index contributed by atoms with van der Waals surface area (Å²) >= 11 is 6.28. The number of ether oxygens (including phenoxy) is 1. The molecule has 0 radical (unpaired) electrons. The number of amides is 1. The number of nitrogens with one attached hydrogen (secondary N) is 1. The minimum absolute atomic E-state index is 0.208. The Labute approximate surface area is 126 Å².